The topological polar surface area (TPSA) is 57.7 Å². The highest BCUT2D eigenvalue weighted by atomic mass is 32.1. The van der Waals surface area contributed by atoms with Crippen LogP contribution in [0.2, 0.25) is 0 Å². The van der Waals surface area contributed by atoms with Gasteiger partial charge in [-0.15, -0.1) is 11.3 Å². The Morgan fingerprint density at radius 3 is 3.00 bits per heavy atom. The highest BCUT2D eigenvalue weighted by Gasteiger charge is 2.23. The van der Waals surface area contributed by atoms with E-state index in [0.717, 1.165) is 37.6 Å². The molecule has 0 unspecified atom stereocenters. The molecule has 0 saturated carbocycles. The summed E-state index contributed by atoms with van der Waals surface area (Å²) >= 11 is 1.78. The first-order valence-corrected chi connectivity index (χ1v) is 9.08. The molecule has 4 rings (SSSR count). The number of amides is 2. The maximum Gasteiger partial charge on any atom is 0.322 e. The highest BCUT2D eigenvalue weighted by molar-refractivity contribution is 7.10. The van der Waals surface area contributed by atoms with Crippen LogP contribution in [0.4, 0.5) is 16.3 Å². The van der Waals surface area contributed by atoms with Gasteiger partial charge in [-0.1, -0.05) is 0 Å². The largest absolute Gasteiger partial charge is 0.378 e. The molecule has 0 atom stereocenters. The summed E-state index contributed by atoms with van der Waals surface area (Å²) in [6, 6.07) is 5.82. The molecule has 6 nitrogen and oxygen atoms in total. The number of hydrogen-bond donors (Lipinski definition) is 1. The predicted molar refractivity (Wildman–Crippen MR) is 94.7 cm³/mol. The number of carbonyl (C=O) groups excluding carboxylic acids is 1. The number of carbonyl (C=O) groups is 1. The average Bonchev–Trinajstić information content (AvgIpc) is 3.10. The zero-order chi connectivity index (χ0) is 16.4. The summed E-state index contributed by atoms with van der Waals surface area (Å²) < 4.78 is 5.40. The van der Waals surface area contributed by atoms with Crippen molar-refractivity contribution in [3.05, 3.63) is 40.2 Å². The van der Waals surface area contributed by atoms with E-state index >= 15 is 0 Å². The van der Waals surface area contributed by atoms with Crippen molar-refractivity contribution in [2.45, 2.75) is 13.0 Å². The van der Waals surface area contributed by atoms with Gasteiger partial charge in [0.1, 0.15) is 0 Å². The fourth-order valence-corrected chi connectivity index (χ4v) is 4.03. The third-order valence-electron chi connectivity index (χ3n) is 4.43. The van der Waals surface area contributed by atoms with Crippen molar-refractivity contribution in [1.82, 2.24) is 9.88 Å². The van der Waals surface area contributed by atoms with Crippen LogP contribution in [0.15, 0.2) is 29.8 Å². The molecule has 4 heterocycles. The van der Waals surface area contributed by atoms with Crippen LogP contribution in [0, 0.1) is 0 Å². The average molecular weight is 344 g/mol. The monoisotopic (exact) mass is 344 g/mol. The second-order valence-electron chi connectivity index (χ2n) is 5.94. The molecule has 0 aliphatic carbocycles. The van der Waals surface area contributed by atoms with Crippen molar-refractivity contribution >= 4 is 28.9 Å². The molecule has 0 spiro atoms. The summed E-state index contributed by atoms with van der Waals surface area (Å²) in [6.07, 6.45) is 2.70. The molecule has 0 bridgehead atoms. The van der Waals surface area contributed by atoms with Gasteiger partial charge in [-0.2, -0.15) is 0 Å². The van der Waals surface area contributed by atoms with Crippen molar-refractivity contribution < 1.29 is 9.53 Å². The van der Waals surface area contributed by atoms with Crippen LogP contribution in [-0.4, -0.2) is 48.8 Å². The van der Waals surface area contributed by atoms with Crippen molar-refractivity contribution in [3.63, 3.8) is 0 Å². The fourth-order valence-electron chi connectivity index (χ4n) is 3.14. The lowest BCUT2D eigenvalue weighted by atomic mass is 10.1. The van der Waals surface area contributed by atoms with Crippen LogP contribution in [0.5, 0.6) is 0 Å². The Balaban J connectivity index is 1.48. The highest BCUT2D eigenvalue weighted by Crippen LogP contribution is 2.27. The number of urea groups is 1. The normalized spacial score (nSPS) is 17.5. The lowest BCUT2D eigenvalue weighted by Crippen LogP contribution is -2.40. The van der Waals surface area contributed by atoms with Crippen LogP contribution in [0.25, 0.3) is 0 Å². The van der Waals surface area contributed by atoms with Gasteiger partial charge in [-0.25, -0.2) is 9.78 Å². The Bertz CT molecular complexity index is 727. The minimum Gasteiger partial charge on any atom is -0.378 e. The van der Waals surface area contributed by atoms with E-state index in [2.05, 4.69) is 26.6 Å². The quantitative estimate of drug-likeness (QED) is 0.910. The van der Waals surface area contributed by atoms with Gasteiger partial charge in [0.25, 0.3) is 0 Å². The van der Waals surface area contributed by atoms with Crippen LogP contribution in [0.1, 0.15) is 10.4 Å². The SMILES string of the molecule is O=C(Nc1cccnc1N1CCOCC1)N1CCc2sccc2C1. The molecule has 0 radical (unpaired) electrons. The number of rotatable bonds is 2. The first-order chi connectivity index (χ1) is 11.8. The Hall–Kier alpha value is -2.12. The van der Waals surface area contributed by atoms with Gasteiger partial charge in [0, 0.05) is 37.3 Å². The van der Waals surface area contributed by atoms with E-state index in [4.69, 9.17) is 4.74 Å². The number of hydrogen-bond acceptors (Lipinski definition) is 5. The standard InChI is InChI=1S/C17H20N4O2S/c22-17(21-6-3-15-13(12-21)4-11-24-15)19-14-2-1-5-18-16(14)20-7-9-23-10-8-20/h1-2,4-5,11H,3,6-10,12H2,(H,19,22). The molecule has 1 fully saturated rings. The number of pyridine rings is 1. The van der Waals surface area contributed by atoms with E-state index in [1.807, 2.05) is 17.0 Å². The number of thiophene rings is 1. The van der Waals surface area contributed by atoms with Crippen LogP contribution in [-0.2, 0) is 17.7 Å². The molecule has 2 aromatic heterocycles. The lowest BCUT2D eigenvalue weighted by Gasteiger charge is -2.31. The number of fused-ring (bicyclic) bond motifs is 1. The Morgan fingerprint density at radius 1 is 1.25 bits per heavy atom. The summed E-state index contributed by atoms with van der Waals surface area (Å²) in [5.41, 5.74) is 2.03. The fraction of sp³-hybridized carbons (Fsp3) is 0.412. The Labute approximate surface area is 145 Å². The molecular formula is C17H20N4O2S. The summed E-state index contributed by atoms with van der Waals surface area (Å²) in [6.45, 7) is 4.40. The Kier molecular flexibility index (Phi) is 4.36. The van der Waals surface area contributed by atoms with E-state index in [9.17, 15) is 4.79 Å². The van der Waals surface area contributed by atoms with E-state index in [0.29, 0.717) is 19.8 Å². The van der Waals surface area contributed by atoms with Crippen molar-refractivity contribution in [1.29, 1.82) is 0 Å². The summed E-state index contributed by atoms with van der Waals surface area (Å²) in [5.74, 6) is 0.822. The molecule has 2 aliphatic heterocycles. The number of morpholine rings is 1. The van der Waals surface area contributed by atoms with E-state index in [1.165, 1.54) is 10.4 Å². The first kappa shape index (κ1) is 15.4. The van der Waals surface area contributed by atoms with Crippen LogP contribution in [0.3, 0.4) is 0 Å². The van der Waals surface area contributed by atoms with E-state index in [1.54, 1.807) is 17.5 Å². The number of nitrogens with zero attached hydrogens (tertiary/aromatic N) is 3. The minimum absolute atomic E-state index is 0.0608. The van der Waals surface area contributed by atoms with Gasteiger partial charge < -0.3 is 19.9 Å². The molecule has 126 valence electrons. The molecule has 7 heteroatoms. The van der Waals surface area contributed by atoms with Gasteiger partial charge >= 0.3 is 6.03 Å². The second-order valence-corrected chi connectivity index (χ2v) is 6.95. The Morgan fingerprint density at radius 2 is 2.12 bits per heavy atom. The molecule has 1 N–H and O–H groups in total. The second kappa shape index (κ2) is 6.78. The summed E-state index contributed by atoms with van der Waals surface area (Å²) in [4.78, 5) is 22.6. The number of nitrogens with one attached hydrogen (secondary N) is 1. The van der Waals surface area contributed by atoms with Gasteiger partial charge in [0.15, 0.2) is 5.82 Å². The summed E-state index contributed by atoms with van der Waals surface area (Å²) in [5, 5.41) is 5.15. The molecule has 2 aliphatic rings. The molecule has 2 aromatic rings. The zero-order valence-corrected chi connectivity index (χ0v) is 14.2. The molecule has 1 saturated heterocycles. The predicted octanol–water partition coefficient (Wildman–Crippen LogP) is 2.57. The summed E-state index contributed by atoms with van der Waals surface area (Å²) in [7, 11) is 0. The van der Waals surface area contributed by atoms with Crippen molar-refractivity contribution in [2.75, 3.05) is 43.1 Å². The van der Waals surface area contributed by atoms with Crippen molar-refractivity contribution in [3.8, 4) is 0 Å². The van der Waals surface area contributed by atoms with Gasteiger partial charge in [0.05, 0.1) is 18.9 Å². The van der Waals surface area contributed by atoms with Crippen molar-refractivity contribution in [2.24, 2.45) is 0 Å². The van der Waals surface area contributed by atoms with Gasteiger partial charge in [0.2, 0.25) is 0 Å². The number of ether oxygens (including phenoxy) is 1. The molecule has 2 amide bonds. The van der Waals surface area contributed by atoms with E-state index in [-0.39, 0.29) is 6.03 Å². The first-order valence-electron chi connectivity index (χ1n) is 8.20. The van der Waals surface area contributed by atoms with Gasteiger partial charge in [-0.05, 0) is 35.6 Å². The maximum atomic E-state index is 12.7. The lowest BCUT2D eigenvalue weighted by molar-refractivity contribution is 0.122. The number of aromatic nitrogens is 1. The third-order valence-corrected chi connectivity index (χ3v) is 5.46. The molecular weight excluding hydrogens is 324 g/mol. The van der Waals surface area contributed by atoms with E-state index < -0.39 is 0 Å². The van der Waals surface area contributed by atoms with Gasteiger partial charge in [-0.3, -0.25) is 0 Å². The van der Waals surface area contributed by atoms with Crippen LogP contribution < -0.4 is 10.2 Å². The number of anilines is 2. The smallest absolute Gasteiger partial charge is 0.322 e. The minimum atomic E-state index is -0.0608. The zero-order valence-electron chi connectivity index (χ0n) is 13.4. The maximum absolute atomic E-state index is 12.7. The molecule has 24 heavy (non-hydrogen) atoms. The third kappa shape index (κ3) is 3.09. The van der Waals surface area contributed by atoms with Crippen LogP contribution >= 0.6 is 11.3 Å². The molecule has 0 aromatic carbocycles.